The molecule has 0 atom stereocenters. The van der Waals surface area contributed by atoms with Gasteiger partial charge in [0.1, 0.15) is 11.5 Å². The summed E-state index contributed by atoms with van der Waals surface area (Å²) in [5.41, 5.74) is 4.23. The number of aryl methyl sites for hydroxylation is 1. The Hall–Kier alpha value is -4.01. The number of carbonyl (C=O) groups is 2. The average Bonchev–Trinajstić information content (AvgIpc) is 3.17. The number of nitrogens with zero attached hydrogens (tertiary/aromatic N) is 4. The molecule has 1 N–H and O–H groups in total. The number of ether oxygens (including phenoxy) is 2. The number of amides is 3. The van der Waals surface area contributed by atoms with E-state index in [4.69, 9.17) is 14.6 Å². The number of aromatic nitrogens is 2. The molecular formula is C25H29N5O4. The van der Waals surface area contributed by atoms with Crippen LogP contribution >= 0.6 is 0 Å². The fraction of sp³-hybridized carbons (Fsp3) is 0.320. The maximum absolute atomic E-state index is 13.1. The van der Waals surface area contributed by atoms with Crippen molar-refractivity contribution in [1.82, 2.24) is 14.7 Å². The summed E-state index contributed by atoms with van der Waals surface area (Å²) in [6, 6.07) is 14.5. The van der Waals surface area contributed by atoms with Crippen LogP contribution in [0, 0.1) is 0 Å². The number of benzene rings is 2. The summed E-state index contributed by atoms with van der Waals surface area (Å²) in [6.45, 7) is 2.85. The summed E-state index contributed by atoms with van der Waals surface area (Å²) >= 11 is 0. The van der Waals surface area contributed by atoms with Gasteiger partial charge in [-0.05, 0) is 24.3 Å². The quantitative estimate of drug-likeness (QED) is 0.604. The largest absolute Gasteiger partial charge is 0.497 e. The molecule has 1 aliphatic rings. The number of hydrogen-bond donors (Lipinski definition) is 1. The Morgan fingerprint density at radius 2 is 1.88 bits per heavy atom. The van der Waals surface area contributed by atoms with Crippen LogP contribution in [0.1, 0.15) is 23.9 Å². The molecule has 0 saturated heterocycles. The Morgan fingerprint density at radius 1 is 1.12 bits per heavy atom. The van der Waals surface area contributed by atoms with E-state index in [2.05, 4.69) is 5.32 Å². The van der Waals surface area contributed by atoms with Crippen LogP contribution in [-0.2, 0) is 31.4 Å². The van der Waals surface area contributed by atoms with Gasteiger partial charge in [0.25, 0.3) is 0 Å². The number of methoxy groups -OCH3 is 2. The minimum absolute atomic E-state index is 0.0670. The van der Waals surface area contributed by atoms with Gasteiger partial charge in [0.15, 0.2) is 0 Å². The number of para-hydroxylation sites is 1. The van der Waals surface area contributed by atoms with Crippen molar-refractivity contribution < 1.29 is 19.1 Å². The molecule has 3 amide bonds. The van der Waals surface area contributed by atoms with Crippen molar-refractivity contribution >= 4 is 23.3 Å². The Kier molecular flexibility index (Phi) is 6.72. The summed E-state index contributed by atoms with van der Waals surface area (Å²) in [5.74, 6) is 1.10. The van der Waals surface area contributed by atoms with E-state index in [1.165, 1.54) is 0 Å². The van der Waals surface area contributed by atoms with E-state index >= 15 is 0 Å². The second kappa shape index (κ2) is 9.86. The van der Waals surface area contributed by atoms with Crippen LogP contribution in [0.2, 0.25) is 0 Å². The number of carbonyl (C=O) groups excluding carboxylic acids is 2. The van der Waals surface area contributed by atoms with Crippen LogP contribution in [-0.4, -0.2) is 47.4 Å². The van der Waals surface area contributed by atoms with Gasteiger partial charge in [-0.15, -0.1) is 0 Å². The van der Waals surface area contributed by atoms with E-state index in [-0.39, 0.29) is 11.9 Å². The number of hydrogen-bond acceptors (Lipinski definition) is 5. The van der Waals surface area contributed by atoms with Crippen LogP contribution in [0.25, 0.3) is 0 Å². The standard InChI is InChI=1S/C25H29N5O4/c1-17(31)30(18-8-6-5-7-9-18)16-22-20-15-29(13-12-23(20)28(2)27-22)25(32)26-21-11-10-19(33-3)14-24(21)34-4/h5-11,14H,12-13,15-16H2,1-4H3,(H,26,32). The van der Waals surface area contributed by atoms with Crippen LogP contribution in [0.4, 0.5) is 16.2 Å². The zero-order valence-electron chi connectivity index (χ0n) is 19.9. The Labute approximate surface area is 198 Å². The monoisotopic (exact) mass is 463 g/mol. The molecule has 0 radical (unpaired) electrons. The van der Waals surface area contributed by atoms with Crippen LogP contribution < -0.4 is 19.7 Å². The molecule has 34 heavy (non-hydrogen) atoms. The molecule has 9 nitrogen and oxygen atoms in total. The number of fused-ring (bicyclic) bond motifs is 1. The van der Waals surface area contributed by atoms with Crippen molar-refractivity contribution in [3.63, 3.8) is 0 Å². The van der Waals surface area contributed by atoms with E-state index in [0.717, 1.165) is 22.6 Å². The highest BCUT2D eigenvalue weighted by atomic mass is 16.5. The molecule has 0 unspecified atom stereocenters. The lowest BCUT2D eigenvalue weighted by molar-refractivity contribution is -0.116. The average molecular weight is 464 g/mol. The first kappa shape index (κ1) is 23.2. The fourth-order valence-corrected chi connectivity index (χ4v) is 4.21. The molecule has 9 heteroatoms. The predicted molar refractivity (Wildman–Crippen MR) is 129 cm³/mol. The Morgan fingerprint density at radius 3 is 2.56 bits per heavy atom. The molecule has 3 aromatic rings. The highest BCUT2D eigenvalue weighted by Gasteiger charge is 2.28. The molecule has 0 spiro atoms. The van der Waals surface area contributed by atoms with Gasteiger partial charge in [-0.3, -0.25) is 9.48 Å². The maximum Gasteiger partial charge on any atom is 0.322 e. The minimum Gasteiger partial charge on any atom is -0.497 e. The topological polar surface area (TPSA) is 88.9 Å². The van der Waals surface area contributed by atoms with Gasteiger partial charge >= 0.3 is 6.03 Å². The summed E-state index contributed by atoms with van der Waals surface area (Å²) < 4.78 is 12.5. The van der Waals surface area contributed by atoms with Crippen molar-refractivity contribution in [3.8, 4) is 11.5 Å². The van der Waals surface area contributed by atoms with Gasteiger partial charge in [0.05, 0.1) is 38.7 Å². The number of rotatable bonds is 6. The molecule has 2 heterocycles. The normalized spacial score (nSPS) is 12.6. The van der Waals surface area contributed by atoms with Crippen molar-refractivity contribution in [2.45, 2.75) is 26.4 Å². The van der Waals surface area contributed by atoms with Crippen molar-refractivity contribution in [2.75, 3.05) is 31.0 Å². The smallest absolute Gasteiger partial charge is 0.322 e. The van der Waals surface area contributed by atoms with Crippen molar-refractivity contribution in [1.29, 1.82) is 0 Å². The van der Waals surface area contributed by atoms with Crippen molar-refractivity contribution in [3.05, 3.63) is 65.5 Å². The Bertz CT molecular complexity index is 1190. The molecule has 178 valence electrons. The summed E-state index contributed by atoms with van der Waals surface area (Å²) in [7, 11) is 5.03. The van der Waals surface area contributed by atoms with E-state index in [9.17, 15) is 9.59 Å². The van der Waals surface area contributed by atoms with Crippen LogP contribution in [0.5, 0.6) is 11.5 Å². The molecule has 2 aromatic carbocycles. The molecule has 0 fully saturated rings. The number of anilines is 2. The lowest BCUT2D eigenvalue weighted by atomic mass is 10.0. The first-order valence-corrected chi connectivity index (χ1v) is 11.1. The summed E-state index contributed by atoms with van der Waals surface area (Å²) in [4.78, 5) is 29.0. The van der Waals surface area contributed by atoms with Gasteiger partial charge in [0.2, 0.25) is 5.91 Å². The first-order chi connectivity index (χ1) is 16.4. The third kappa shape index (κ3) is 4.68. The van der Waals surface area contributed by atoms with Gasteiger partial charge in [-0.2, -0.15) is 5.10 Å². The van der Waals surface area contributed by atoms with E-state index < -0.39 is 0 Å². The van der Waals surface area contributed by atoms with Gasteiger partial charge in [0, 0.05) is 49.9 Å². The lowest BCUT2D eigenvalue weighted by Crippen LogP contribution is -2.39. The fourth-order valence-electron chi connectivity index (χ4n) is 4.21. The lowest BCUT2D eigenvalue weighted by Gasteiger charge is -2.29. The zero-order valence-corrected chi connectivity index (χ0v) is 19.9. The molecule has 0 aliphatic carbocycles. The predicted octanol–water partition coefficient (Wildman–Crippen LogP) is 3.58. The molecule has 4 rings (SSSR count). The maximum atomic E-state index is 13.1. The second-order valence-corrected chi connectivity index (χ2v) is 8.10. The second-order valence-electron chi connectivity index (χ2n) is 8.10. The van der Waals surface area contributed by atoms with Gasteiger partial charge in [-0.1, -0.05) is 18.2 Å². The molecule has 1 aliphatic heterocycles. The van der Waals surface area contributed by atoms with Crippen molar-refractivity contribution in [2.24, 2.45) is 7.05 Å². The number of nitrogens with one attached hydrogen (secondary N) is 1. The molecular weight excluding hydrogens is 434 g/mol. The first-order valence-electron chi connectivity index (χ1n) is 11.1. The third-order valence-corrected chi connectivity index (χ3v) is 6.02. The van der Waals surface area contributed by atoms with Gasteiger partial charge < -0.3 is 24.6 Å². The van der Waals surface area contributed by atoms with E-state index in [1.807, 2.05) is 42.1 Å². The van der Waals surface area contributed by atoms with E-state index in [1.54, 1.807) is 49.1 Å². The molecule has 0 bridgehead atoms. The highest BCUT2D eigenvalue weighted by molar-refractivity contribution is 5.92. The van der Waals surface area contributed by atoms with Gasteiger partial charge in [-0.25, -0.2) is 4.79 Å². The zero-order chi connectivity index (χ0) is 24.2. The molecule has 0 saturated carbocycles. The SMILES string of the molecule is COc1ccc(NC(=O)N2CCc3c(c(CN(C(C)=O)c4ccccc4)nn3C)C2)c(OC)c1. The molecule has 1 aromatic heterocycles. The van der Waals surface area contributed by atoms with Crippen LogP contribution in [0.15, 0.2) is 48.5 Å². The number of urea groups is 1. The Balaban J connectivity index is 1.54. The minimum atomic E-state index is -0.226. The van der Waals surface area contributed by atoms with Crippen LogP contribution in [0.3, 0.4) is 0 Å². The third-order valence-electron chi connectivity index (χ3n) is 6.02. The summed E-state index contributed by atoms with van der Waals surface area (Å²) in [5, 5.41) is 7.63. The highest BCUT2D eigenvalue weighted by Crippen LogP contribution is 2.30. The van der Waals surface area contributed by atoms with E-state index in [0.29, 0.717) is 43.2 Å². The summed E-state index contributed by atoms with van der Waals surface area (Å²) in [6.07, 6.45) is 0.678.